The van der Waals surface area contributed by atoms with E-state index in [4.69, 9.17) is 0 Å². The lowest BCUT2D eigenvalue weighted by Crippen LogP contribution is -2.16. The van der Waals surface area contributed by atoms with Gasteiger partial charge in [0.1, 0.15) is 0 Å². The number of rotatable bonds is 7. The minimum absolute atomic E-state index is 0.190. The number of anilines is 3. The summed E-state index contributed by atoms with van der Waals surface area (Å²) in [6.45, 7) is 4.73. The van der Waals surface area contributed by atoms with Crippen LogP contribution < -0.4 is 4.90 Å². The molecule has 0 heterocycles. The predicted molar refractivity (Wildman–Crippen MR) is 243 cm³/mol. The second-order valence-corrected chi connectivity index (χ2v) is 15.7. The van der Waals surface area contributed by atoms with Crippen LogP contribution in [0.5, 0.6) is 0 Å². The molecule has 0 fully saturated rings. The van der Waals surface area contributed by atoms with Gasteiger partial charge in [0.05, 0.1) is 11.6 Å². The van der Waals surface area contributed by atoms with Crippen LogP contribution in [0.2, 0.25) is 0 Å². The Morgan fingerprint density at radius 2 is 0.776 bits per heavy atom. The van der Waals surface area contributed by atoms with Crippen LogP contribution in [-0.2, 0) is 5.41 Å². The van der Waals surface area contributed by atoms with Gasteiger partial charge in [-0.25, -0.2) is 0 Å². The van der Waals surface area contributed by atoms with Crippen molar-refractivity contribution in [2.75, 3.05) is 4.90 Å². The van der Waals surface area contributed by atoms with E-state index in [9.17, 15) is 5.26 Å². The summed E-state index contributed by atoms with van der Waals surface area (Å²) in [4.78, 5) is 2.38. The number of benzene rings is 9. The van der Waals surface area contributed by atoms with Crippen LogP contribution in [0.4, 0.5) is 17.1 Å². The van der Waals surface area contributed by atoms with Crippen LogP contribution in [0.25, 0.3) is 66.4 Å². The van der Waals surface area contributed by atoms with Gasteiger partial charge in [0.15, 0.2) is 0 Å². The van der Waals surface area contributed by atoms with E-state index in [1.807, 2.05) is 24.3 Å². The largest absolute Gasteiger partial charge is 0.310 e. The second-order valence-electron chi connectivity index (χ2n) is 15.7. The highest BCUT2D eigenvalue weighted by Gasteiger charge is 2.36. The van der Waals surface area contributed by atoms with Crippen molar-refractivity contribution in [1.82, 2.24) is 0 Å². The summed E-state index contributed by atoms with van der Waals surface area (Å²) in [5.41, 5.74) is 18.5. The Balaban J connectivity index is 1.01. The molecule has 0 atom stereocenters. The van der Waals surface area contributed by atoms with Crippen molar-refractivity contribution in [3.8, 4) is 61.7 Å². The standard InChI is InChI=1S/C56H40N2/c1-56(2)54-35-48(47-21-20-40-10-6-7-11-46(40)34-47)26-32-52(54)53-33-31-51(36-55(53)56)58(49-27-22-44(23-28-49)39-8-4-3-5-9-39)50-29-24-45(25-30-50)43-18-16-42(17-19-43)41-14-12-38(37-57)13-15-41/h3-36H,1-2H3. The van der Waals surface area contributed by atoms with Gasteiger partial charge < -0.3 is 4.90 Å². The molecule has 58 heavy (non-hydrogen) atoms. The number of fused-ring (bicyclic) bond motifs is 4. The Kier molecular flexibility index (Phi) is 8.58. The minimum atomic E-state index is -0.190. The molecule has 0 saturated heterocycles. The maximum Gasteiger partial charge on any atom is 0.0991 e. The van der Waals surface area contributed by atoms with Crippen molar-refractivity contribution in [2.45, 2.75) is 19.3 Å². The van der Waals surface area contributed by atoms with E-state index in [0.29, 0.717) is 5.56 Å². The molecule has 0 amide bonds. The molecule has 0 aliphatic heterocycles. The monoisotopic (exact) mass is 740 g/mol. The van der Waals surface area contributed by atoms with Gasteiger partial charge >= 0.3 is 0 Å². The second kappa shape index (κ2) is 14.2. The zero-order valence-electron chi connectivity index (χ0n) is 32.5. The van der Waals surface area contributed by atoms with Gasteiger partial charge in [0.25, 0.3) is 0 Å². The van der Waals surface area contributed by atoms with Crippen LogP contribution in [0.1, 0.15) is 30.5 Å². The van der Waals surface area contributed by atoms with Crippen molar-refractivity contribution in [3.05, 3.63) is 223 Å². The zero-order valence-corrected chi connectivity index (χ0v) is 32.5. The van der Waals surface area contributed by atoms with Crippen molar-refractivity contribution >= 4 is 27.8 Å². The quantitative estimate of drug-likeness (QED) is 0.163. The molecule has 0 saturated carbocycles. The lowest BCUT2D eigenvalue weighted by Gasteiger charge is -2.28. The van der Waals surface area contributed by atoms with Gasteiger partial charge in [-0.05, 0) is 138 Å². The maximum absolute atomic E-state index is 9.20. The molecule has 2 nitrogen and oxygen atoms in total. The van der Waals surface area contributed by atoms with Gasteiger partial charge in [-0.15, -0.1) is 0 Å². The summed E-state index contributed by atoms with van der Waals surface area (Å²) in [5, 5.41) is 11.7. The highest BCUT2D eigenvalue weighted by molar-refractivity contribution is 5.90. The molecule has 2 heteroatoms. The molecule has 0 bridgehead atoms. The Labute approximate surface area is 340 Å². The average molecular weight is 741 g/mol. The maximum atomic E-state index is 9.20. The Bertz CT molecular complexity index is 2990. The molecular formula is C56H40N2. The smallest absolute Gasteiger partial charge is 0.0991 e. The minimum Gasteiger partial charge on any atom is -0.310 e. The van der Waals surface area contributed by atoms with Crippen LogP contribution >= 0.6 is 0 Å². The Morgan fingerprint density at radius 1 is 0.362 bits per heavy atom. The first kappa shape index (κ1) is 35.0. The van der Waals surface area contributed by atoms with Gasteiger partial charge in [-0.2, -0.15) is 5.26 Å². The highest BCUT2D eigenvalue weighted by atomic mass is 15.1. The summed E-state index contributed by atoms with van der Waals surface area (Å²) < 4.78 is 0. The third-order valence-corrected chi connectivity index (χ3v) is 11.9. The molecule has 0 N–H and O–H groups in total. The fourth-order valence-corrected chi connectivity index (χ4v) is 8.69. The average Bonchev–Trinajstić information content (AvgIpc) is 3.51. The first-order valence-electron chi connectivity index (χ1n) is 19.9. The van der Waals surface area contributed by atoms with Crippen LogP contribution in [0.3, 0.4) is 0 Å². The van der Waals surface area contributed by atoms with Crippen LogP contribution in [0, 0.1) is 11.3 Å². The van der Waals surface area contributed by atoms with Crippen LogP contribution in [0.15, 0.2) is 206 Å². The van der Waals surface area contributed by atoms with Crippen molar-refractivity contribution in [1.29, 1.82) is 5.26 Å². The SMILES string of the molecule is CC1(C)c2cc(-c3ccc4ccccc4c3)ccc2-c2ccc(N(c3ccc(-c4ccccc4)cc3)c3ccc(-c4ccc(-c5ccc(C#N)cc5)cc4)cc3)cc21. The van der Waals surface area contributed by atoms with Crippen molar-refractivity contribution < 1.29 is 0 Å². The molecule has 9 aromatic rings. The third-order valence-electron chi connectivity index (χ3n) is 11.9. The third kappa shape index (κ3) is 6.24. The van der Waals surface area contributed by atoms with Gasteiger partial charge in [-0.1, -0.05) is 159 Å². The molecule has 1 aliphatic rings. The summed E-state index contributed by atoms with van der Waals surface area (Å²) in [6.07, 6.45) is 0. The Hall–Kier alpha value is -7.47. The molecule has 9 aromatic carbocycles. The zero-order chi connectivity index (χ0) is 39.2. The number of nitrogens with zero attached hydrogens (tertiary/aromatic N) is 2. The fraction of sp³-hybridized carbons (Fsp3) is 0.0536. The summed E-state index contributed by atoms with van der Waals surface area (Å²) in [5.74, 6) is 0. The number of hydrogen-bond donors (Lipinski definition) is 0. The van der Waals surface area contributed by atoms with E-state index >= 15 is 0 Å². The fourth-order valence-electron chi connectivity index (χ4n) is 8.69. The summed E-state index contributed by atoms with van der Waals surface area (Å²) in [6, 6.07) is 76.4. The van der Waals surface area contributed by atoms with E-state index in [1.165, 1.54) is 55.3 Å². The summed E-state index contributed by atoms with van der Waals surface area (Å²) in [7, 11) is 0. The first-order valence-corrected chi connectivity index (χ1v) is 19.9. The lowest BCUT2D eigenvalue weighted by atomic mass is 9.81. The Morgan fingerprint density at radius 3 is 1.36 bits per heavy atom. The molecule has 0 unspecified atom stereocenters. The van der Waals surface area contributed by atoms with E-state index in [2.05, 4.69) is 207 Å². The van der Waals surface area contributed by atoms with Crippen molar-refractivity contribution in [2.24, 2.45) is 0 Å². The molecule has 0 spiro atoms. The van der Waals surface area contributed by atoms with E-state index in [1.54, 1.807) is 0 Å². The highest BCUT2D eigenvalue weighted by Crippen LogP contribution is 2.52. The topological polar surface area (TPSA) is 27.0 Å². The van der Waals surface area contributed by atoms with Crippen molar-refractivity contribution in [3.63, 3.8) is 0 Å². The molecule has 1 aliphatic carbocycles. The first-order chi connectivity index (χ1) is 28.4. The lowest BCUT2D eigenvalue weighted by molar-refractivity contribution is 0.660. The number of nitriles is 1. The molecule has 0 aromatic heterocycles. The predicted octanol–water partition coefficient (Wildman–Crippen LogP) is 15.2. The summed E-state index contributed by atoms with van der Waals surface area (Å²) >= 11 is 0. The van der Waals surface area contributed by atoms with E-state index in [-0.39, 0.29) is 5.41 Å². The normalized spacial score (nSPS) is 12.4. The molecular weight excluding hydrogens is 701 g/mol. The van der Waals surface area contributed by atoms with E-state index in [0.717, 1.165) is 39.3 Å². The molecule has 10 rings (SSSR count). The van der Waals surface area contributed by atoms with Crippen LogP contribution in [-0.4, -0.2) is 0 Å². The number of hydrogen-bond acceptors (Lipinski definition) is 2. The van der Waals surface area contributed by atoms with Gasteiger partial charge in [0.2, 0.25) is 0 Å². The molecule has 274 valence electrons. The molecule has 0 radical (unpaired) electrons. The van der Waals surface area contributed by atoms with Gasteiger partial charge in [-0.3, -0.25) is 0 Å². The van der Waals surface area contributed by atoms with E-state index < -0.39 is 0 Å². The van der Waals surface area contributed by atoms with Gasteiger partial charge in [0, 0.05) is 22.5 Å².